The summed E-state index contributed by atoms with van der Waals surface area (Å²) in [6, 6.07) is 12.1. The fourth-order valence-electron chi connectivity index (χ4n) is 6.07. The number of nitrogens with zero attached hydrogens (tertiary/aromatic N) is 5. The lowest BCUT2D eigenvalue weighted by atomic mass is 9.89. The molecule has 0 atom stereocenters. The smallest absolute Gasteiger partial charge is 0.198 e. The summed E-state index contributed by atoms with van der Waals surface area (Å²) in [4.78, 5) is 13.9. The van der Waals surface area contributed by atoms with Crippen LogP contribution in [0.2, 0.25) is 0 Å². The number of likely N-dealkylation sites (N-methyl/N-ethyl adjacent to an activating group) is 1. The number of rotatable bonds is 4. The van der Waals surface area contributed by atoms with Crippen LogP contribution in [0.15, 0.2) is 55.0 Å². The molecule has 12 heteroatoms. The molecule has 1 aliphatic carbocycles. The molecule has 1 saturated carbocycles. The van der Waals surface area contributed by atoms with Gasteiger partial charge in [0, 0.05) is 61.1 Å². The van der Waals surface area contributed by atoms with Gasteiger partial charge in [-0.15, -0.1) is 0 Å². The van der Waals surface area contributed by atoms with E-state index in [1.54, 1.807) is 24.3 Å². The summed E-state index contributed by atoms with van der Waals surface area (Å²) >= 11 is 0. The second-order valence-electron chi connectivity index (χ2n) is 10.7. The first kappa shape index (κ1) is 29.1. The molecule has 0 spiro atoms. The van der Waals surface area contributed by atoms with Crippen LogP contribution in [-0.2, 0) is 10.9 Å². The van der Waals surface area contributed by atoms with Gasteiger partial charge in [0.05, 0.1) is 5.39 Å². The maximum absolute atomic E-state index is 15.3. The number of anilines is 1. The van der Waals surface area contributed by atoms with E-state index < -0.39 is 22.5 Å². The summed E-state index contributed by atoms with van der Waals surface area (Å²) in [6.07, 6.45) is 7.96. The number of benzene rings is 2. The standard InChI is InChI=1S/C29H32F2N6.H3NO2S/c1-35-12-14-36(15-13-35)20-7-9-21(10-8-20)37-17-24(27-28(32)33-18-34-29(27)37)19-6-11-23(26(31)16-19)22-4-2-3-5-25(22)30;1-4(2)3/h2-6,11,16-18,20-21H,7-10,12-15H2,1H3,(H2,32,33,34);4H,(H2,1,2,3). The van der Waals surface area contributed by atoms with Gasteiger partial charge in [0.15, 0.2) is 10.9 Å². The van der Waals surface area contributed by atoms with Crippen molar-refractivity contribution in [2.45, 2.75) is 37.8 Å². The largest absolute Gasteiger partial charge is 0.383 e. The highest BCUT2D eigenvalue weighted by Crippen LogP contribution is 2.40. The van der Waals surface area contributed by atoms with Gasteiger partial charge in [0.2, 0.25) is 0 Å². The number of halogens is 2. The van der Waals surface area contributed by atoms with Crippen LogP contribution in [0.1, 0.15) is 31.7 Å². The Kier molecular flexibility index (Phi) is 8.93. The second kappa shape index (κ2) is 12.6. The normalized spacial score (nSPS) is 20.2. The van der Waals surface area contributed by atoms with Crippen molar-refractivity contribution in [2.24, 2.45) is 5.14 Å². The van der Waals surface area contributed by atoms with Crippen LogP contribution >= 0.6 is 0 Å². The van der Waals surface area contributed by atoms with E-state index >= 15 is 4.39 Å². The van der Waals surface area contributed by atoms with Crippen LogP contribution in [0.5, 0.6) is 0 Å². The van der Waals surface area contributed by atoms with Gasteiger partial charge in [-0.1, -0.05) is 30.3 Å². The van der Waals surface area contributed by atoms with Crippen LogP contribution in [0, 0.1) is 11.6 Å². The predicted octanol–water partition coefficient (Wildman–Crippen LogP) is 3.83. The minimum absolute atomic E-state index is 0.233. The van der Waals surface area contributed by atoms with Crippen molar-refractivity contribution >= 4 is 27.7 Å². The van der Waals surface area contributed by atoms with E-state index in [9.17, 15) is 4.39 Å². The lowest BCUT2D eigenvalue weighted by Crippen LogP contribution is -2.49. The third kappa shape index (κ3) is 6.40. The Morgan fingerprint density at radius 2 is 1.49 bits per heavy atom. The van der Waals surface area contributed by atoms with E-state index in [2.05, 4.69) is 36.5 Å². The maximum Gasteiger partial charge on any atom is 0.198 e. The van der Waals surface area contributed by atoms with Crippen LogP contribution in [0.3, 0.4) is 0 Å². The Morgan fingerprint density at radius 1 is 0.854 bits per heavy atom. The molecule has 1 aliphatic heterocycles. The molecule has 2 fully saturated rings. The average Bonchev–Trinajstić information content (AvgIpc) is 3.35. The molecule has 41 heavy (non-hydrogen) atoms. The van der Waals surface area contributed by atoms with Crippen LogP contribution in [-0.4, -0.2) is 72.0 Å². The number of thiol groups is 1. The van der Waals surface area contributed by atoms with Crippen LogP contribution in [0.25, 0.3) is 33.3 Å². The van der Waals surface area contributed by atoms with Gasteiger partial charge in [-0.3, -0.25) is 4.90 Å². The third-order valence-electron chi connectivity index (χ3n) is 8.20. The summed E-state index contributed by atoms with van der Waals surface area (Å²) in [5, 5.41) is 4.80. The molecule has 4 aromatic rings. The Hall–Kier alpha value is -3.45. The summed E-state index contributed by atoms with van der Waals surface area (Å²) in [5.74, 6) is -0.550. The lowest BCUT2D eigenvalue weighted by molar-refractivity contribution is 0.0828. The molecule has 2 aliphatic rings. The summed E-state index contributed by atoms with van der Waals surface area (Å²) in [7, 11) is -0.430. The van der Waals surface area contributed by atoms with Crippen molar-refractivity contribution in [1.29, 1.82) is 0 Å². The fourth-order valence-corrected chi connectivity index (χ4v) is 6.07. The van der Waals surface area contributed by atoms with Crippen molar-refractivity contribution < 1.29 is 17.2 Å². The fraction of sp³-hybridized carbons (Fsp3) is 0.379. The quantitative estimate of drug-likeness (QED) is 0.312. The number of aromatic nitrogens is 3. The third-order valence-corrected chi connectivity index (χ3v) is 8.20. The summed E-state index contributed by atoms with van der Waals surface area (Å²) < 4.78 is 49.4. The molecule has 4 N–H and O–H groups in total. The highest BCUT2D eigenvalue weighted by molar-refractivity contribution is 7.69. The monoisotopic (exact) mass is 583 g/mol. The van der Waals surface area contributed by atoms with Gasteiger partial charge in [0.1, 0.15) is 29.4 Å². The molecule has 218 valence electrons. The number of hydrogen-bond donors (Lipinski definition) is 3. The molecule has 0 bridgehead atoms. The Balaban J connectivity index is 0.000000794. The molecular weight excluding hydrogens is 548 g/mol. The van der Waals surface area contributed by atoms with E-state index in [0.717, 1.165) is 68.5 Å². The number of nitrogens with two attached hydrogens (primary N) is 2. The van der Waals surface area contributed by atoms with Gasteiger partial charge >= 0.3 is 0 Å². The molecule has 2 aromatic heterocycles. The number of fused-ring (bicyclic) bond motifs is 1. The topological polar surface area (TPSA) is 123 Å². The minimum atomic E-state index is -2.62. The molecule has 0 amide bonds. The summed E-state index contributed by atoms with van der Waals surface area (Å²) in [6.45, 7) is 4.54. The Labute approximate surface area is 239 Å². The van der Waals surface area contributed by atoms with Gasteiger partial charge in [0.25, 0.3) is 0 Å². The van der Waals surface area contributed by atoms with Crippen LogP contribution in [0.4, 0.5) is 14.6 Å². The van der Waals surface area contributed by atoms with Crippen LogP contribution < -0.4 is 10.9 Å². The van der Waals surface area contributed by atoms with Gasteiger partial charge in [-0.2, -0.15) is 0 Å². The van der Waals surface area contributed by atoms with Crippen molar-refractivity contribution in [3.8, 4) is 22.3 Å². The van der Waals surface area contributed by atoms with Gasteiger partial charge < -0.3 is 15.2 Å². The van der Waals surface area contributed by atoms with E-state index in [1.807, 2.05) is 12.3 Å². The number of nitrogen functional groups attached to an aromatic ring is 1. The predicted molar refractivity (Wildman–Crippen MR) is 158 cm³/mol. The Morgan fingerprint density at radius 3 is 2.15 bits per heavy atom. The van der Waals surface area contributed by atoms with E-state index in [0.29, 0.717) is 23.5 Å². The Bertz CT molecular complexity index is 1590. The van der Waals surface area contributed by atoms with Crippen molar-refractivity contribution in [3.63, 3.8) is 0 Å². The summed E-state index contributed by atoms with van der Waals surface area (Å²) in [5.41, 5.74) is 9.06. The number of piperazine rings is 1. The van der Waals surface area contributed by atoms with Crippen molar-refractivity contribution in [2.75, 3.05) is 39.0 Å². The minimum Gasteiger partial charge on any atom is -0.383 e. The molecule has 3 heterocycles. The molecule has 2 aromatic carbocycles. The zero-order chi connectivity index (χ0) is 29.1. The van der Waals surface area contributed by atoms with E-state index in [-0.39, 0.29) is 11.1 Å². The highest BCUT2D eigenvalue weighted by atomic mass is 32.2. The van der Waals surface area contributed by atoms with Crippen molar-refractivity contribution in [3.05, 3.63) is 66.6 Å². The first-order valence-corrected chi connectivity index (χ1v) is 14.9. The molecule has 6 rings (SSSR count). The maximum atomic E-state index is 15.3. The first-order valence-electron chi connectivity index (χ1n) is 13.7. The lowest BCUT2D eigenvalue weighted by Gasteiger charge is -2.41. The zero-order valence-corrected chi connectivity index (χ0v) is 23.8. The SMILES string of the molecule is CN1CCN(C2CCC(n3cc(-c4ccc(-c5ccccc5F)c(F)c4)c4c(N)ncnc43)CC2)CC1.N[SH](=O)=O. The first-order chi connectivity index (χ1) is 19.7. The van der Waals surface area contributed by atoms with Gasteiger partial charge in [-0.05, 0) is 50.4 Å². The molecule has 1 saturated heterocycles. The molecule has 0 radical (unpaired) electrons. The molecular formula is C29H35F2N7O2S. The average molecular weight is 584 g/mol. The molecule has 0 unspecified atom stereocenters. The second-order valence-corrected chi connectivity index (χ2v) is 11.2. The number of hydrogen-bond acceptors (Lipinski definition) is 7. The zero-order valence-electron chi connectivity index (χ0n) is 22.9. The highest BCUT2D eigenvalue weighted by Gasteiger charge is 2.30. The van der Waals surface area contributed by atoms with E-state index in [4.69, 9.17) is 14.2 Å². The van der Waals surface area contributed by atoms with Gasteiger partial charge in [-0.25, -0.2) is 32.3 Å². The van der Waals surface area contributed by atoms with E-state index in [1.165, 1.54) is 18.5 Å². The van der Waals surface area contributed by atoms with Crippen molar-refractivity contribution in [1.82, 2.24) is 24.3 Å². The molecule has 9 nitrogen and oxygen atoms in total.